The van der Waals surface area contributed by atoms with Crippen LogP contribution in [-0.2, 0) is 19.1 Å². The van der Waals surface area contributed by atoms with Gasteiger partial charge in [-0.2, -0.15) is 0 Å². The first-order valence-electron chi connectivity index (χ1n) is 4.91. The van der Waals surface area contributed by atoms with Crippen LogP contribution >= 0.6 is 0 Å². The van der Waals surface area contributed by atoms with Crippen molar-refractivity contribution >= 4 is 11.8 Å². The minimum Gasteiger partial charge on any atom is -0.469 e. The SMILES string of the molecule is COC(=O)CCC(=O)C1CCCOC1. The minimum atomic E-state index is -0.324. The van der Waals surface area contributed by atoms with E-state index in [1.807, 2.05) is 0 Å². The van der Waals surface area contributed by atoms with E-state index in [0.717, 1.165) is 19.4 Å². The molecule has 0 N–H and O–H groups in total. The molecule has 0 saturated carbocycles. The zero-order valence-electron chi connectivity index (χ0n) is 8.45. The summed E-state index contributed by atoms with van der Waals surface area (Å²) in [6, 6.07) is 0. The van der Waals surface area contributed by atoms with E-state index in [2.05, 4.69) is 4.74 Å². The summed E-state index contributed by atoms with van der Waals surface area (Å²) >= 11 is 0. The van der Waals surface area contributed by atoms with Crippen molar-refractivity contribution in [2.24, 2.45) is 5.92 Å². The molecule has 0 bridgehead atoms. The number of hydrogen-bond acceptors (Lipinski definition) is 4. The van der Waals surface area contributed by atoms with Crippen LogP contribution in [0.1, 0.15) is 25.7 Å². The fraction of sp³-hybridized carbons (Fsp3) is 0.800. The molecule has 1 saturated heterocycles. The van der Waals surface area contributed by atoms with Gasteiger partial charge in [-0.3, -0.25) is 9.59 Å². The zero-order chi connectivity index (χ0) is 10.4. The van der Waals surface area contributed by atoms with Crippen molar-refractivity contribution < 1.29 is 19.1 Å². The Balaban J connectivity index is 2.23. The number of methoxy groups -OCH3 is 1. The van der Waals surface area contributed by atoms with Gasteiger partial charge in [0.1, 0.15) is 5.78 Å². The second-order valence-corrected chi connectivity index (χ2v) is 3.46. The van der Waals surface area contributed by atoms with Crippen LogP contribution in [-0.4, -0.2) is 32.1 Å². The highest BCUT2D eigenvalue weighted by molar-refractivity contribution is 5.84. The van der Waals surface area contributed by atoms with Crippen molar-refractivity contribution in [1.29, 1.82) is 0 Å². The molecule has 0 amide bonds. The summed E-state index contributed by atoms with van der Waals surface area (Å²) in [5.74, 6) is -0.210. The number of Topliss-reactive ketones (excluding diaryl/α,β-unsaturated/α-hetero) is 1. The normalized spacial score (nSPS) is 21.6. The van der Waals surface area contributed by atoms with Crippen molar-refractivity contribution in [2.45, 2.75) is 25.7 Å². The first-order valence-corrected chi connectivity index (χ1v) is 4.91. The number of carbonyl (C=O) groups is 2. The van der Waals surface area contributed by atoms with Gasteiger partial charge in [-0.25, -0.2) is 0 Å². The Morgan fingerprint density at radius 1 is 1.43 bits per heavy atom. The van der Waals surface area contributed by atoms with Crippen LogP contribution in [0.15, 0.2) is 0 Å². The summed E-state index contributed by atoms with van der Waals surface area (Å²) < 4.78 is 9.66. The van der Waals surface area contributed by atoms with E-state index in [1.165, 1.54) is 7.11 Å². The van der Waals surface area contributed by atoms with Crippen LogP contribution < -0.4 is 0 Å². The quantitative estimate of drug-likeness (QED) is 0.634. The largest absolute Gasteiger partial charge is 0.469 e. The van der Waals surface area contributed by atoms with Gasteiger partial charge in [0.05, 0.1) is 20.1 Å². The van der Waals surface area contributed by atoms with Crippen molar-refractivity contribution in [3.63, 3.8) is 0 Å². The number of ether oxygens (including phenoxy) is 2. The second-order valence-electron chi connectivity index (χ2n) is 3.46. The second kappa shape index (κ2) is 5.75. The molecule has 0 radical (unpaired) electrons. The Morgan fingerprint density at radius 2 is 2.21 bits per heavy atom. The first kappa shape index (κ1) is 11.2. The molecule has 0 spiro atoms. The first-order chi connectivity index (χ1) is 6.74. The minimum absolute atomic E-state index is 0.00611. The topological polar surface area (TPSA) is 52.6 Å². The number of carbonyl (C=O) groups excluding carboxylic acids is 2. The van der Waals surface area contributed by atoms with Crippen molar-refractivity contribution in [3.8, 4) is 0 Å². The molecule has 1 rings (SSSR count). The fourth-order valence-corrected chi connectivity index (χ4v) is 1.53. The Bertz CT molecular complexity index is 206. The van der Waals surface area contributed by atoms with Gasteiger partial charge >= 0.3 is 5.97 Å². The third-order valence-corrected chi connectivity index (χ3v) is 2.42. The van der Waals surface area contributed by atoms with Crippen LogP contribution in [0.2, 0.25) is 0 Å². The van der Waals surface area contributed by atoms with Crippen LogP contribution in [0.25, 0.3) is 0 Å². The molecule has 0 aliphatic carbocycles. The average Bonchev–Trinajstić information content (AvgIpc) is 2.26. The lowest BCUT2D eigenvalue weighted by molar-refractivity contribution is -0.142. The molecule has 1 fully saturated rings. The van der Waals surface area contributed by atoms with E-state index < -0.39 is 0 Å². The molecule has 1 aliphatic heterocycles. The van der Waals surface area contributed by atoms with Crippen LogP contribution in [0.3, 0.4) is 0 Å². The highest BCUT2D eigenvalue weighted by atomic mass is 16.5. The molecule has 1 aliphatic rings. The van der Waals surface area contributed by atoms with E-state index in [4.69, 9.17) is 4.74 Å². The molecule has 80 valence electrons. The third-order valence-electron chi connectivity index (χ3n) is 2.42. The van der Waals surface area contributed by atoms with E-state index in [0.29, 0.717) is 6.61 Å². The summed E-state index contributed by atoms with van der Waals surface area (Å²) in [6.45, 7) is 1.26. The summed E-state index contributed by atoms with van der Waals surface area (Å²) in [6.07, 6.45) is 2.29. The predicted octanol–water partition coefficient (Wildman–Crippen LogP) is 0.935. The molecule has 4 heteroatoms. The monoisotopic (exact) mass is 200 g/mol. The Kier molecular flexibility index (Phi) is 4.59. The van der Waals surface area contributed by atoms with E-state index in [-0.39, 0.29) is 30.5 Å². The highest BCUT2D eigenvalue weighted by Crippen LogP contribution is 2.16. The van der Waals surface area contributed by atoms with Crippen LogP contribution in [0, 0.1) is 5.92 Å². The van der Waals surface area contributed by atoms with Crippen molar-refractivity contribution in [1.82, 2.24) is 0 Å². The standard InChI is InChI=1S/C10H16O4/c1-13-10(12)5-4-9(11)8-3-2-6-14-7-8/h8H,2-7H2,1H3. The fourth-order valence-electron chi connectivity index (χ4n) is 1.53. The lowest BCUT2D eigenvalue weighted by atomic mass is 9.95. The lowest BCUT2D eigenvalue weighted by Crippen LogP contribution is -2.25. The maximum absolute atomic E-state index is 11.5. The van der Waals surface area contributed by atoms with Gasteiger partial charge in [0.2, 0.25) is 0 Å². The maximum Gasteiger partial charge on any atom is 0.305 e. The molecule has 0 aromatic heterocycles. The van der Waals surface area contributed by atoms with E-state index in [1.54, 1.807) is 0 Å². The molecule has 1 unspecified atom stereocenters. The number of ketones is 1. The van der Waals surface area contributed by atoms with Crippen LogP contribution in [0.4, 0.5) is 0 Å². The van der Waals surface area contributed by atoms with Crippen molar-refractivity contribution in [3.05, 3.63) is 0 Å². The molecule has 0 aromatic carbocycles. The number of esters is 1. The van der Waals surface area contributed by atoms with E-state index >= 15 is 0 Å². The predicted molar refractivity (Wildman–Crippen MR) is 49.8 cm³/mol. The smallest absolute Gasteiger partial charge is 0.305 e. The van der Waals surface area contributed by atoms with Gasteiger partial charge in [0.25, 0.3) is 0 Å². The number of rotatable bonds is 4. The lowest BCUT2D eigenvalue weighted by Gasteiger charge is -2.20. The molecule has 14 heavy (non-hydrogen) atoms. The Labute approximate surface area is 83.6 Å². The Morgan fingerprint density at radius 3 is 2.79 bits per heavy atom. The Hall–Kier alpha value is -0.900. The van der Waals surface area contributed by atoms with E-state index in [9.17, 15) is 9.59 Å². The number of hydrogen-bond donors (Lipinski definition) is 0. The molecular weight excluding hydrogens is 184 g/mol. The summed E-state index contributed by atoms with van der Waals surface area (Å²) in [5, 5.41) is 0. The van der Waals surface area contributed by atoms with Gasteiger partial charge in [-0.15, -0.1) is 0 Å². The van der Waals surface area contributed by atoms with Crippen molar-refractivity contribution in [2.75, 3.05) is 20.3 Å². The van der Waals surface area contributed by atoms with Gasteiger partial charge < -0.3 is 9.47 Å². The molecular formula is C10H16O4. The van der Waals surface area contributed by atoms with Gasteiger partial charge in [0.15, 0.2) is 0 Å². The average molecular weight is 200 g/mol. The summed E-state index contributed by atoms with van der Waals surface area (Å²) in [4.78, 5) is 22.3. The molecule has 0 aromatic rings. The van der Waals surface area contributed by atoms with Gasteiger partial charge in [-0.1, -0.05) is 0 Å². The summed E-state index contributed by atoms with van der Waals surface area (Å²) in [7, 11) is 1.33. The molecule has 1 atom stereocenters. The molecule has 1 heterocycles. The zero-order valence-corrected chi connectivity index (χ0v) is 8.45. The third kappa shape index (κ3) is 3.46. The van der Waals surface area contributed by atoms with Crippen LogP contribution in [0.5, 0.6) is 0 Å². The highest BCUT2D eigenvalue weighted by Gasteiger charge is 2.21. The maximum atomic E-state index is 11.5. The van der Waals surface area contributed by atoms with Gasteiger partial charge in [0, 0.05) is 18.9 Å². The summed E-state index contributed by atoms with van der Waals surface area (Å²) in [5.41, 5.74) is 0. The van der Waals surface area contributed by atoms with Gasteiger partial charge in [-0.05, 0) is 12.8 Å². The molecule has 4 nitrogen and oxygen atoms in total.